The van der Waals surface area contributed by atoms with Crippen molar-refractivity contribution in [2.45, 2.75) is 110 Å². The van der Waals surface area contributed by atoms with Crippen molar-refractivity contribution in [3.8, 4) is 6.07 Å². The Balaban J connectivity index is 1.75. The molecule has 3 fully saturated rings. The Morgan fingerprint density at radius 1 is 1.03 bits per heavy atom. The molecule has 2 aliphatic carbocycles. The van der Waals surface area contributed by atoms with Gasteiger partial charge in [-0.15, -0.1) is 0 Å². The molecule has 0 radical (unpaired) electrons. The number of hydrogen-bond acceptors (Lipinski definition) is 5. The first kappa shape index (κ1) is 28.9. The largest absolute Gasteiger partial charge is 0.356 e. The molecule has 9 nitrogen and oxygen atoms in total. The summed E-state index contributed by atoms with van der Waals surface area (Å²) in [6.07, 6.45) is 9.26. The maximum absolute atomic E-state index is 13.9. The van der Waals surface area contributed by atoms with E-state index in [0.717, 1.165) is 51.4 Å². The van der Waals surface area contributed by atoms with Crippen LogP contribution in [0.3, 0.4) is 0 Å². The van der Waals surface area contributed by atoms with Crippen LogP contribution in [0.25, 0.3) is 0 Å². The Hall–Kier alpha value is -2.63. The quantitative estimate of drug-likeness (QED) is 0.412. The number of nitriles is 1. The number of piperidine rings is 1. The minimum atomic E-state index is -0.806. The summed E-state index contributed by atoms with van der Waals surface area (Å²) < 4.78 is 0. The molecule has 3 rings (SSSR count). The first-order valence-electron chi connectivity index (χ1n) is 14.1. The molecule has 0 aromatic heterocycles. The summed E-state index contributed by atoms with van der Waals surface area (Å²) in [4.78, 5) is 54.0. The van der Waals surface area contributed by atoms with Gasteiger partial charge in [0.15, 0.2) is 0 Å². The lowest BCUT2D eigenvalue weighted by Crippen LogP contribution is -2.58. The first-order valence-corrected chi connectivity index (χ1v) is 14.1. The molecule has 1 aliphatic heterocycles. The van der Waals surface area contributed by atoms with Crippen LogP contribution in [0.5, 0.6) is 0 Å². The monoisotopic (exact) mass is 515 g/mol. The predicted molar refractivity (Wildman–Crippen MR) is 140 cm³/mol. The van der Waals surface area contributed by atoms with Gasteiger partial charge in [0, 0.05) is 24.9 Å². The molecule has 206 valence electrons. The van der Waals surface area contributed by atoms with E-state index in [1.54, 1.807) is 7.05 Å². The van der Waals surface area contributed by atoms with Crippen molar-refractivity contribution in [1.29, 1.82) is 5.26 Å². The van der Waals surface area contributed by atoms with E-state index in [1.807, 2.05) is 20.8 Å². The SMILES string of the molecule is CN(C(=O)[C@H](NC(=O)C(C)(C)C)C1CCCC1)[C@@H](CC1CCC1)C(=O)N[C@H](C#N)C[C@@H]1CCCNC1=O. The van der Waals surface area contributed by atoms with Crippen LogP contribution in [0.2, 0.25) is 0 Å². The lowest BCUT2D eigenvalue weighted by Gasteiger charge is -2.37. The van der Waals surface area contributed by atoms with Crippen molar-refractivity contribution in [3.05, 3.63) is 0 Å². The summed E-state index contributed by atoms with van der Waals surface area (Å²) in [7, 11) is 1.65. The molecule has 0 aromatic rings. The molecule has 0 unspecified atom stereocenters. The zero-order valence-corrected chi connectivity index (χ0v) is 23.0. The van der Waals surface area contributed by atoms with Gasteiger partial charge in [-0.3, -0.25) is 19.2 Å². The Morgan fingerprint density at radius 3 is 2.24 bits per heavy atom. The smallest absolute Gasteiger partial charge is 0.245 e. The summed E-state index contributed by atoms with van der Waals surface area (Å²) in [5.74, 6) is -0.769. The molecular formula is C28H45N5O4. The second-order valence-corrected chi connectivity index (χ2v) is 12.3. The maximum atomic E-state index is 13.9. The van der Waals surface area contributed by atoms with Crippen LogP contribution in [0.1, 0.15) is 91.4 Å². The fourth-order valence-corrected chi connectivity index (χ4v) is 5.64. The van der Waals surface area contributed by atoms with E-state index < -0.39 is 23.5 Å². The van der Waals surface area contributed by atoms with Crippen molar-refractivity contribution in [3.63, 3.8) is 0 Å². The summed E-state index contributed by atoms with van der Waals surface area (Å²) in [6.45, 7) is 6.11. The zero-order chi connectivity index (χ0) is 27.2. The van der Waals surface area contributed by atoms with E-state index in [0.29, 0.717) is 25.3 Å². The molecule has 37 heavy (non-hydrogen) atoms. The number of carbonyl (C=O) groups excluding carboxylic acids is 4. The third-order valence-corrected chi connectivity index (χ3v) is 8.40. The fraction of sp³-hybridized carbons (Fsp3) is 0.821. The molecular weight excluding hydrogens is 470 g/mol. The topological polar surface area (TPSA) is 131 Å². The Kier molecular flexibility index (Phi) is 9.97. The maximum Gasteiger partial charge on any atom is 0.245 e. The highest BCUT2D eigenvalue weighted by Gasteiger charge is 2.40. The normalized spacial score (nSPS) is 23.1. The molecule has 1 heterocycles. The standard InChI is InChI=1S/C28H45N5O4/c1-28(2,3)27(37)32-23(19-11-5-6-12-19)26(36)33(4)22(15-18-9-7-10-18)25(35)31-21(17-29)16-20-13-8-14-30-24(20)34/h18-23H,5-16H2,1-4H3,(H,30,34)(H,31,35)(H,32,37)/t20-,21-,22-,23+/m0/s1. The van der Waals surface area contributed by atoms with Crippen molar-refractivity contribution < 1.29 is 19.2 Å². The summed E-state index contributed by atoms with van der Waals surface area (Å²) >= 11 is 0. The van der Waals surface area contributed by atoms with Crippen molar-refractivity contribution in [2.24, 2.45) is 23.2 Å². The number of hydrogen-bond donors (Lipinski definition) is 3. The molecule has 1 saturated heterocycles. The highest BCUT2D eigenvalue weighted by molar-refractivity contribution is 5.93. The van der Waals surface area contributed by atoms with Gasteiger partial charge in [0.1, 0.15) is 18.1 Å². The molecule has 3 aliphatic rings. The molecule has 9 heteroatoms. The number of likely N-dealkylation sites (N-methyl/N-ethyl adjacent to an activating group) is 1. The Morgan fingerprint density at radius 2 is 1.70 bits per heavy atom. The van der Waals surface area contributed by atoms with Gasteiger partial charge in [-0.2, -0.15) is 5.26 Å². The van der Waals surface area contributed by atoms with E-state index >= 15 is 0 Å². The van der Waals surface area contributed by atoms with E-state index in [2.05, 4.69) is 22.0 Å². The molecule has 4 atom stereocenters. The predicted octanol–water partition coefficient (Wildman–Crippen LogP) is 2.65. The Bertz CT molecular complexity index is 882. The van der Waals surface area contributed by atoms with Crippen LogP contribution in [-0.4, -0.2) is 60.2 Å². The highest BCUT2D eigenvalue weighted by atomic mass is 16.2. The number of amides is 4. The van der Waals surface area contributed by atoms with E-state index in [-0.39, 0.29) is 41.9 Å². The average Bonchev–Trinajstić information content (AvgIpc) is 3.35. The third-order valence-electron chi connectivity index (χ3n) is 8.40. The van der Waals surface area contributed by atoms with Gasteiger partial charge >= 0.3 is 0 Å². The van der Waals surface area contributed by atoms with Crippen LogP contribution in [-0.2, 0) is 19.2 Å². The molecule has 0 aromatic carbocycles. The highest BCUT2D eigenvalue weighted by Crippen LogP contribution is 2.33. The molecule has 0 bridgehead atoms. The number of rotatable bonds is 10. The van der Waals surface area contributed by atoms with E-state index in [9.17, 15) is 24.4 Å². The Labute approximate surface area is 221 Å². The third kappa shape index (κ3) is 7.68. The van der Waals surface area contributed by atoms with Gasteiger partial charge < -0.3 is 20.9 Å². The number of nitrogens with zero attached hydrogens (tertiary/aromatic N) is 2. The van der Waals surface area contributed by atoms with Gasteiger partial charge in [-0.05, 0) is 50.4 Å². The first-order chi connectivity index (χ1) is 17.5. The van der Waals surface area contributed by atoms with Gasteiger partial charge in [0.25, 0.3) is 0 Å². The lowest BCUT2D eigenvalue weighted by atomic mass is 9.80. The van der Waals surface area contributed by atoms with Crippen LogP contribution in [0.4, 0.5) is 0 Å². The lowest BCUT2D eigenvalue weighted by molar-refractivity contribution is -0.145. The summed E-state index contributed by atoms with van der Waals surface area (Å²) in [5, 5.41) is 18.4. The molecule has 3 N–H and O–H groups in total. The van der Waals surface area contributed by atoms with Crippen molar-refractivity contribution >= 4 is 23.6 Å². The van der Waals surface area contributed by atoms with Crippen LogP contribution in [0.15, 0.2) is 0 Å². The van der Waals surface area contributed by atoms with E-state index in [1.165, 1.54) is 4.90 Å². The second-order valence-electron chi connectivity index (χ2n) is 12.3. The van der Waals surface area contributed by atoms with Crippen LogP contribution < -0.4 is 16.0 Å². The summed E-state index contributed by atoms with van der Waals surface area (Å²) in [5.41, 5.74) is -0.635. The zero-order valence-electron chi connectivity index (χ0n) is 23.0. The minimum absolute atomic E-state index is 0.0466. The minimum Gasteiger partial charge on any atom is -0.356 e. The van der Waals surface area contributed by atoms with E-state index in [4.69, 9.17) is 0 Å². The van der Waals surface area contributed by atoms with Crippen molar-refractivity contribution in [2.75, 3.05) is 13.6 Å². The second kappa shape index (κ2) is 12.7. The summed E-state index contributed by atoms with van der Waals surface area (Å²) in [6, 6.07) is -0.0673. The van der Waals surface area contributed by atoms with Gasteiger partial charge in [-0.1, -0.05) is 52.9 Å². The average molecular weight is 516 g/mol. The van der Waals surface area contributed by atoms with Crippen LogP contribution in [0, 0.1) is 34.5 Å². The molecule has 2 saturated carbocycles. The van der Waals surface area contributed by atoms with Gasteiger partial charge in [0.2, 0.25) is 23.6 Å². The molecule has 0 spiro atoms. The number of carbonyl (C=O) groups is 4. The van der Waals surface area contributed by atoms with Crippen LogP contribution >= 0.6 is 0 Å². The number of nitrogens with one attached hydrogen (secondary N) is 3. The van der Waals surface area contributed by atoms with Gasteiger partial charge in [-0.25, -0.2) is 0 Å². The van der Waals surface area contributed by atoms with Gasteiger partial charge in [0.05, 0.1) is 6.07 Å². The fourth-order valence-electron chi connectivity index (χ4n) is 5.64. The van der Waals surface area contributed by atoms with Crippen molar-refractivity contribution in [1.82, 2.24) is 20.9 Å². The molecule has 4 amide bonds.